The zero-order chi connectivity index (χ0) is 27.9. The van der Waals surface area contributed by atoms with Crippen LogP contribution >= 0.6 is 0 Å². The minimum absolute atomic E-state index is 0.109. The molecule has 0 spiro atoms. The van der Waals surface area contributed by atoms with Crippen molar-refractivity contribution in [2.45, 2.75) is 27.2 Å². The Kier molecular flexibility index (Phi) is 8.46. The van der Waals surface area contributed by atoms with Gasteiger partial charge in [-0.15, -0.1) is 0 Å². The molecule has 0 saturated heterocycles. The smallest absolute Gasteiger partial charge is 0.397 e. The van der Waals surface area contributed by atoms with Crippen molar-refractivity contribution in [2.75, 3.05) is 11.9 Å². The summed E-state index contributed by atoms with van der Waals surface area (Å²) in [5.41, 5.74) is 3.38. The Bertz CT molecular complexity index is 1480. The summed E-state index contributed by atoms with van der Waals surface area (Å²) < 4.78 is 30.4. The Morgan fingerprint density at radius 2 is 1.51 bits per heavy atom. The van der Waals surface area contributed by atoms with Gasteiger partial charge in [-0.05, 0) is 92.1 Å². The minimum atomic E-state index is -0.950. The van der Waals surface area contributed by atoms with Crippen LogP contribution < -0.4 is 14.8 Å². The summed E-state index contributed by atoms with van der Waals surface area (Å²) in [7, 11) is 0. The van der Waals surface area contributed by atoms with Gasteiger partial charge in [0.1, 0.15) is 23.1 Å². The average molecular weight is 530 g/mol. The number of carbonyl (C=O) groups is 2. The number of phenols is 1. The van der Waals surface area contributed by atoms with Crippen LogP contribution in [0.1, 0.15) is 29.2 Å². The number of rotatable bonds is 8. The van der Waals surface area contributed by atoms with Gasteiger partial charge in [-0.25, -0.2) is 9.18 Å². The van der Waals surface area contributed by atoms with E-state index in [4.69, 9.17) is 14.2 Å². The van der Waals surface area contributed by atoms with Crippen molar-refractivity contribution < 1.29 is 33.3 Å². The summed E-state index contributed by atoms with van der Waals surface area (Å²) >= 11 is 0. The molecule has 0 radical (unpaired) electrons. The molecule has 0 unspecified atom stereocenters. The van der Waals surface area contributed by atoms with E-state index in [2.05, 4.69) is 5.32 Å². The summed E-state index contributed by atoms with van der Waals surface area (Å²) in [6.07, 6.45) is 0.402. The maximum absolute atomic E-state index is 13.3. The number of nitrogens with one attached hydrogen (secondary N) is 1. The lowest BCUT2D eigenvalue weighted by atomic mass is 10.0. The predicted molar refractivity (Wildman–Crippen MR) is 145 cm³/mol. The van der Waals surface area contributed by atoms with Crippen molar-refractivity contribution in [3.63, 3.8) is 0 Å². The van der Waals surface area contributed by atoms with Crippen LogP contribution in [0.5, 0.6) is 28.7 Å². The first-order valence-corrected chi connectivity index (χ1v) is 12.3. The molecule has 0 aliphatic carbocycles. The van der Waals surface area contributed by atoms with E-state index in [0.29, 0.717) is 40.7 Å². The van der Waals surface area contributed by atoms with E-state index in [-0.39, 0.29) is 18.2 Å². The monoisotopic (exact) mass is 529 g/mol. The molecular weight excluding hydrogens is 501 g/mol. The SMILES string of the molecule is CCOC(=O)C(=O)Nc1cc(C)c(Oc2ccccc2Oc2ccc(O)c(Cc3ccc(F)cc3)c2)c(C)c1. The summed E-state index contributed by atoms with van der Waals surface area (Å²) in [5.74, 6) is -0.0373. The van der Waals surface area contributed by atoms with Crippen molar-refractivity contribution in [1.82, 2.24) is 0 Å². The number of anilines is 1. The molecule has 0 fully saturated rings. The zero-order valence-electron chi connectivity index (χ0n) is 21.8. The average Bonchev–Trinajstić information content (AvgIpc) is 2.90. The third-order valence-electron chi connectivity index (χ3n) is 5.83. The molecule has 0 heterocycles. The third-order valence-corrected chi connectivity index (χ3v) is 5.83. The fraction of sp³-hybridized carbons (Fsp3) is 0.161. The van der Waals surface area contributed by atoms with E-state index in [1.54, 1.807) is 61.5 Å². The van der Waals surface area contributed by atoms with Gasteiger partial charge in [-0.2, -0.15) is 0 Å². The number of amides is 1. The number of phenolic OH excluding ortho intramolecular Hbond substituents is 1. The van der Waals surface area contributed by atoms with E-state index in [9.17, 15) is 19.1 Å². The van der Waals surface area contributed by atoms with Crippen LogP contribution in [0.25, 0.3) is 0 Å². The van der Waals surface area contributed by atoms with Crippen molar-refractivity contribution >= 4 is 17.6 Å². The Balaban J connectivity index is 1.53. The maximum atomic E-state index is 13.3. The fourth-order valence-electron chi connectivity index (χ4n) is 4.01. The van der Waals surface area contributed by atoms with Crippen molar-refractivity contribution in [3.05, 3.63) is 107 Å². The third kappa shape index (κ3) is 6.93. The molecule has 0 aliphatic heterocycles. The van der Waals surface area contributed by atoms with Crippen LogP contribution in [0.2, 0.25) is 0 Å². The molecule has 7 nitrogen and oxygen atoms in total. The second-order valence-corrected chi connectivity index (χ2v) is 8.86. The van der Waals surface area contributed by atoms with E-state index < -0.39 is 11.9 Å². The van der Waals surface area contributed by atoms with Gasteiger partial charge in [0.05, 0.1) is 6.61 Å². The molecule has 4 aromatic rings. The Hall–Kier alpha value is -4.85. The number of para-hydroxylation sites is 2. The number of halogens is 1. The first-order valence-electron chi connectivity index (χ1n) is 12.3. The molecule has 4 aromatic carbocycles. The lowest BCUT2D eigenvalue weighted by Gasteiger charge is -2.17. The van der Waals surface area contributed by atoms with Gasteiger partial charge in [0.2, 0.25) is 0 Å². The highest BCUT2D eigenvalue weighted by molar-refractivity contribution is 6.37. The van der Waals surface area contributed by atoms with E-state index in [0.717, 1.165) is 16.7 Å². The van der Waals surface area contributed by atoms with Crippen LogP contribution in [-0.2, 0) is 20.7 Å². The van der Waals surface area contributed by atoms with Gasteiger partial charge in [-0.3, -0.25) is 4.79 Å². The van der Waals surface area contributed by atoms with E-state index in [1.807, 2.05) is 26.0 Å². The number of ether oxygens (including phenoxy) is 3. The molecular formula is C31H28FNO6. The molecule has 4 rings (SSSR count). The number of hydrogen-bond acceptors (Lipinski definition) is 6. The summed E-state index contributed by atoms with van der Waals surface area (Å²) in [5, 5.41) is 12.9. The Morgan fingerprint density at radius 3 is 2.15 bits per heavy atom. The number of esters is 1. The summed E-state index contributed by atoms with van der Waals surface area (Å²) in [6, 6.07) is 21.6. The normalized spacial score (nSPS) is 10.6. The highest BCUT2D eigenvalue weighted by Crippen LogP contribution is 2.39. The lowest BCUT2D eigenvalue weighted by molar-refractivity contribution is -0.152. The number of aryl methyl sites for hydroxylation is 2. The van der Waals surface area contributed by atoms with Gasteiger partial charge in [0.15, 0.2) is 11.5 Å². The molecule has 0 atom stereocenters. The van der Waals surface area contributed by atoms with Gasteiger partial charge < -0.3 is 24.6 Å². The number of benzene rings is 4. The fourth-order valence-corrected chi connectivity index (χ4v) is 4.01. The first-order chi connectivity index (χ1) is 18.7. The predicted octanol–water partition coefficient (Wildman–Crippen LogP) is 6.83. The van der Waals surface area contributed by atoms with Gasteiger partial charge in [0, 0.05) is 17.7 Å². The van der Waals surface area contributed by atoms with Crippen LogP contribution in [0.15, 0.2) is 78.9 Å². The zero-order valence-corrected chi connectivity index (χ0v) is 21.8. The van der Waals surface area contributed by atoms with Crippen LogP contribution in [0.3, 0.4) is 0 Å². The Labute approximate surface area is 225 Å². The van der Waals surface area contributed by atoms with E-state index >= 15 is 0 Å². The van der Waals surface area contributed by atoms with Crippen molar-refractivity contribution in [2.24, 2.45) is 0 Å². The largest absolute Gasteiger partial charge is 0.508 e. The molecule has 0 bridgehead atoms. The molecule has 0 aliphatic rings. The number of hydrogen-bond donors (Lipinski definition) is 2. The van der Waals surface area contributed by atoms with Crippen molar-refractivity contribution in [3.8, 4) is 28.7 Å². The number of aromatic hydroxyl groups is 1. The quantitative estimate of drug-likeness (QED) is 0.192. The molecule has 2 N–H and O–H groups in total. The van der Waals surface area contributed by atoms with Gasteiger partial charge in [-0.1, -0.05) is 24.3 Å². The molecule has 1 amide bonds. The van der Waals surface area contributed by atoms with Gasteiger partial charge in [0.25, 0.3) is 0 Å². The lowest BCUT2D eigenvalue weighted by Crippen LogP contribution is -2.25. The standard InChI is InChI=1S/C31H28FNO6/c1-4-37-31(36)30(35)33-24-15-19(2)29(20(3)16-24)39-28-8-6-5-7-27(28)38-25-13-14-26(34)22(18-25)17-21-9-11-23(32)12-10-21/h5-16,18,34H,4,17H2,1-3H3,(H,33,35). The highest BCUT2D eigenvalue weighted by Gasteiger charge is 2.17. The summed E-state index contributed by atoms with van der Waals surface area (Å²) in [6.45, 7) is 5.39. The van der Waals surface area contributed by atoms with Crippen LogP contribution in [0.4, 0.5) is 10.1 Å². The molecule has 200 valence electrons. The first kappa shape index (κ1) is 27.2. The molecule has 8 heteroatoms. The minimum Gasteiger partial charge on any atom is -0.508 e. The second kappa shape index (κ2) is 12.1. The van der Waals surface area contributed by atoms with Crippen LogP contribution in [-0.4, -0.2) is 23.6 Å². The van der Waals surface area contributed by atoms with Crippen LogP contribution in [0, 0.1) is 19.7 Å². The molecule has 0 saturated carbocycles. The second-order valence-electron chi connectivity index (χ2n) is 8.86. The van der Waals surface area contributed by atoms with E-state index in [1.165, 1.54) is 12.1 Å². The molecule has 39 heavy (non-hydrogen) atoms. The topological polar surface area (TPSA) is 94.1 Å². The maximum Gasteiger partial charge on any atom is 0.397 e. The highest BCUT2D eigenvalue weighted by atomic mass is 19.1. The number of carbonyl (C=O) groups excluding carboxylic acids is 2. The Morgan fingerprint density at radius 1 is 0.872 bits per heavy atom. The van der Waals surface area contributed by atoms with Gasteiger partial charge >= 0.3 is 11.9 Å². The summed E-state index contributed by atoms with van der Waals surface area (Å²) in [4.78, 5) is 23.7. The molecule has 0 aromatic heterocycles. The van der Waals surface area contributed by atoms with Crippen molar-refractivity contribution in [1.29, 1.82) is 0 Å².